The minimum atomic E-state index is 0.810. The number of rotatable bonds is 3. The number of nitrogens with one attached hydrogen (secondary N) is 1. The van der Waals surface area contributed by atoms with Gasteiger partial charge in [0.05, 0.1) is 5.84 Å². The van der Waals surface area contributed by atoms with Crippen LogP contribution in [-0.4, -0.2) is 28.8 Å². The van der Waals surface area contributed by atoms with E-state index in [1.54, 1.807) is 6.20 Å². The lowest BCUT2D eigenvalue weighted by Crippen LogP contribution is -2.36. The Kier molecular flexibility index (Phi) is 3.33. The van der Waals surface area contributed by atoms with Crippen LogP contribution in [0.2, 0.25) is 0 Å². The topological polar surface area (TPSA) is 40.0 Å². The summed E-state index contributed by atoms with van der Waals surface area (Å²) < 4.78 is 0. The molecule has 1 aliphatic rings. The van der Waals surface area contributed by atoms with Crippen LogP contribution in [0.15, 0.2) is 24.5 Å². The summed E-state index contributed by atoms with van der Waals surface area (Å²) in [6, 6.07) is 4.07. The Morgan fingerprint density at radius 3 is 3.07 bits per heavy atom. The summed E-state index contributed by atoms with van der Waals surface area (Å²) in [7, 11) is 0. The number of amidine groups is 1. The van der Waals surface area contributed by atoms with Gasteiger partial charge in [-0.05, 0) is 30.9 Å². The normalized spacial score (nSPS) is 16.8. The molecule has 3 heteroatoms. The number of aromatic nitrogens is 1. The highest BCUT2D eigenvalue weighted by Crippen LogP contribution is 2.11. The first kappa shape index (κ1) is 10.1. The van der Waals surface area contributed by atoms with Gasteiger partial charge in [0.2, 0.25) is 0 Å². The zero-order valence-corrected chi connectivity index (χ0v) is 8.95. The summed E-state index contributed by atoms with van der Waals surface area (Å²) in [4.78, 5) is 6.29. The van der Waals surface area contributed by atoms with Crippen LogP contribution in [0.1, 0.15) is 24.8 Å². The van der Waals surface area contributed by atoms with Gasteiger partial charge in [0, 0.05) is 31.9 Å². The van der Waals surface area contributed by atoms with E-state index in [0.717, 1.165) is 31.8 Å². The standard InChI is InChI=1S/C12H17N3/c13-12-5-1-2-8-15(12)9-6-11-4-3-7-14-10-11/h3-4,7,10,13H,1-2,5-6,8-9H2. The summed E-state index contributed by atoms with van der Waals surface area (Å²) in [5.41, 5.74) is 1.26. The third-order valence-electron chi connectivity index (χ3n) is 2.87. The number of piperidine rings is 1. The number of likely N-dealkylation sites (tertiary alicyclic amines) is 1. The summed E-state index contributed by atoms with van der Waals surface area (Å²) in [6.07, 6.45) is 8.07. The Balaban J connectivity index is 1.85. The van der Waals surface area contributed by atoms with E-state index in [-0.39, 0.29) is 0 Å². The van der Waals surface area contributed by atoms with Gasteiger partial charge in [0.1, 0.15) is 0 Å². The van der Waals surface area contributed by atoms with Crippen LogP contribution < -0.4 is 0 Å². The second-order valence-electron chi connectivity index (χ2n) is 4.00. The third-order valence-corrected chi connectivity index (χ3v) is 2.87. The molecule has 0 aromatic carbocycles. The largest absolute Gasteiger partial charge is 0.360 e. The van der Waals surface area contributed by atoms with E-state index in [1.165, 1.54) is 18.4 Å². The van der Waals surface area contributed by atoms with Crippen LogP contribution in [0.4, 0.5) is 0 Å². The van der Waals surface area contributed by atoms with E-state index in [4.69, 9.17) is 5.41 Å². The molecular formula is C12H17N3. The van der Waals surface area contributed by atoms with Gasteiger partial charge in [-0.15, -0.1) is 0 Å². The summed E-state index contributed by atoms with van der Waals surface area (Å²) in [5.74, 6) is 0.810. The molecule has 1 aromatic rings. The minimum absolute atomic E-state index is 0.810. The molecule has 0 atom stereocenters. The first-order valence-electron chi connectivity index (χ1n) is 5.57. The molecule has 0 aliphatic carbocycles. The maximum Gasteiger partial charge on any atom is 0.0957 e. The van der Waals surface area contributed by atoms with Gasteiger partial charge < -0.3 is 4.90 Å². The molecule has 0 bridgehead atoms. The molecule has 2 heterocycles. The third kappa shape index (κ3) is 2.78. The van der Waals surface area contributed by atoms with Crippen molar-refractivity contribution in [2.24, 2.45) is 0 Å². The van der Waals surface area contributed by atoms with E-state index in [0.29, 0.717) is 0 Å². The average molecular weight is 203 g/mol. The monoisotopic (exact) mass is 203 g/mol. The predicted molar refractivity (Wildman–Crippen MR) is 61.1 cm³/mol. The fourth-order valence-corrected chi connectivity index (χ4v) is 1.95. The highest BCUT2D eigenvalue weighted by molar-refractivity contribution is 5.79. The van der Waals surface area contributed by atoms with E-state index in [2.05, 4.69) is 16.0 Å². The molecule has 1 aromatic heterocycles. The van der Waals surface area contributed by atoms with Crippen molar-refractivity contribution in [3.8, 4) is 0 Å². The highest BCUT2D eigenvalue weighted by atomic mass is 15.2. The lowest BCUT2D eigenvalue weighted by molar-refractivity contribution is 0.370. The molecule has 0 radical (unpaired) electrons. The second kappa shape index (κ2) is 4.91. The van der Waals surface area contributed by atoms with Crippen LogP contribution >= 0.6 is 0 Å². The Morgan fingerprint density at radius 1 is 1.40 bits per heavy atom. The van der Waals surface area contributed by atoms with Gasteiger partial charge in [0.15, 0.2) is 0 Å². The van der Waals surface area contributed by atoms with E-state index in [9.17, 15) is 0 Å². The van der Waals surface area contributed by atoms with Crippen LogP contribution in [0, 0.1) is 5.41 Å². The van der Waals surface area contributed by atoms with Crippen molar-refractivity contribution in [3.63, 3.8) is 0 Å². The maximum atomic E-state index is 7.82. The molecule has 3 nitrogen and oxygen atoms in total. The van der Waals surface area contributed by atoms with Gasteiger partial charge in [-0.3, -0.25) is 10.4 Å². The zero-order valence-electron chi connectivity index (χ0n) is 8.95. The number of nitrogens with zero attached hydrogens (tertiary/aromatic N) is 2. The summed E-state index contributed by atoms with van der Waals surface area (Å²) in [5, 5.41) is 7.82. The van der Waals surface area contributed by atoms with Crippen molar-refractivity contribution < 1.29 is 0 Å². The fourth-order valence-electron chi connectivity index (χ4n) is 1.95. The Hall–Kier alpha value is -1.38. The lowest BCUT2D eigenvalue weighted by atomic mass is 10.1. The van der Waals surface area contributed by atoms with Gasteiger partial charge in [-0.2, -0.15) is 0 Å². The van der Waals surface area contributed by atoms with Crippen molar-refractivity contribution >= 4 is 5.84 Å². The first-order chi connectivity index (χ1) is 7.36. The van der Waals surface area contributed by atoms with Crippen LogP contribution in [-0.2, 0) is 6.42 Å². The van der Waals surface area contributed by atoms with Gasteiger partial charge in [-0.25, -0.2) is 0 Å². The molecule has 1 fully saturated rings. The van der Waals surface area contributed by atoms with Crippen molar-refractivity contribution in [1.82, 2.24) is 9.88 Å². The molecule has 2 rings (SSSR count). The molecule has 1 N–H and O–H groups in total. The number of hydrogen-bond acceptors (Lipinski definition) is 2. The van der Waals surface area contributed by atoms with Crippen LogP contribution in [0.5, 0.6) is 0 Å². The number of hydrogen-bond donors (Lipinski definition) is 1. The van der Waals surface area contributed by atoms with Gasteiger partial charge >= 0.3 is 0 Å². The van der Waals surface area contributed by atoms with E-state index in [1.807, 2.05) is 12.3 Å². The van der Waals surface area contributed by atoms with Crippen LogP contribution in [0.25, 0.3) is 0 Å². The number of pyridine rings is 1. The SMILES string of the molecule is N=C1CCCCN1CCc1cccnc1. The van der Waals surface area contributed by atoms with Crippen molar-refractivity contribution in [2.75, 3.05) is 13.1 Å². The summed E-state index contributed by atoms with van der Waals surface area (Å²) >= 11 is 0. The van der Waals surface area contributed by atoms with E-state index >= 15 is 0 Å². The molecule has 15 heavy (non-hydrogen) atoms. The molecule has 0 unspecified atom stereocenters. The predicted octanol–water partition coefficient (Wildman–Crippen LogP) is 2.09. The van der Waals surface area contributed by atoms with Crippen molar-refractivity contribution in [3.05, 3.63) is 30.1 Å². The lowest BCUT2D eigenvalue weighted by Gasteiger charge is -2.29. The first-order valence-corrected chi connectivity index (χ1v) is 5.57. The second-order valence-corrected chi connectivity index (χ2v) is 4.00. The fraction of sp³-hybridized carbons (Fsp3) is 0.500. The van der Waals surface area contributed by atoms with Gasteiger partial charge in [0.25, 0.3) is 0 Å². The average Bonchev–Trinajstić information content (AvgIpc) is 2.29. The summed E-state index contributed by atoms with van der Waals surface area (Å²) in [6.45, 7) is 2.02. The molecule has 80 valence electrons. The molecule has 0 saturated carbocycles. The molecule has 0 spiro atoms. The van der Waals surface area contributed by atoms with Crippen molar-refractivity contribution in [1.29, 1.82) is 5.41 Å². The Morgan fingerprint density at radius 2 is 2.33 bits per heavy atom. The molecule has 1 aliphatic heterocycles. The highest BCUT2D eigenvalue weighted by Gasteiger charge is 2.13. The maximum absolute atomic E-state index is 7.82. The zero-order chi connectivity index (χ0) is 10.5. The van der Waals surface area contributed by atoms with Crippen molar-refractivity contribution in [2.45, 2.75) is 25.7 Å². The van der Waals surface area contributed by atoms with Gasteiger partial charge in [-0.1, -0.05) is 6.07 Å². The molecule has 0 amide bonds. The Labute approximate surface area is 90.6 Å². The molecular weight excluding hydrogens is 186 g/mol. The quantitative estimate of drug-likeness (QED) is 0.817. The Bertz CT molecular complexity index is 321. The minimum Gasteiger partial charge on any atom is -0.360 e. The van der Waals surface area contributed by atoms with Crippen LogP contribution in [0.3, 0.4) is 0 Å². The molecule has 1 saturated heterocycles. The van der Waals surface area contributed by atoms with E-state index < -0.39 is 0 Å². The smallest absolute Gasteiger partial charge is 0.0957 e.